The standard InChI is InChI=1S/C16H30F3N5O2S.HI/c1-20-15(22-11-14-4-3-7-23(2)12-14)21-10-13-5-8-24(9-6-13)27(25,26)16(17,18)19;/h13-14H,3-12H2,1-2H3,(H2,20,21,22);1H. The van der Waals surface area contributed by atoms with Crippen LogP contribution in [0.5, 0.6) is 0 Å². The topological polar surface area (TPSA) is 77.0 Å². The highest BCUT2D eigenvalue weighted by molar-refractivity contribution is 14.0. The van der Waals surface area contributed by atoms with Crippen LogP contribution >= 0.6 is 24.0 Å². The second-order valence-corrected chi connectivity index (χ2v) is 9.33. The van der Waals surface area contributed by atoms with Crippen molar-refractivity contribution in [1.82, 2.24) is 19.8 Å². The molecular weight excluding hydrogens is 510 g/mol. The van der Waals surface area contributed by atoms with Gasteiger partial charge >= 0.3 is 15.5 Å². The third-order valence-electron chi connectivity index (χ3n) is 5.27. The van der Waals surface area contributed by atoms with Crippen molar-refractivity contribution >= 4 is 40.0 Å². The van der Waals surface area contributed by atoms with Crippen molar-refractivity contribution in [2.24, 2.45) is 16.8 Å². The number of nitrogens with one attached hydrogen (secondary N) is 2. The number of likely N-dealkylation sites (tertiary alicyclic amines) is 1. The van der Waals surface area contributed by atoms with E-state index in [0.29, 0.717) is 35.6 Å². The lowest BCUT2D eigenvalue weighted by molar-refractivity contribution is -0.0496. The zero-order chi connectivity index (χ0) is 20.1. The smallest absolute Gasteiger partial charge is 0.356 e. The molecule has 0 aromatic heterocycles. The largest absolute Gasteiger partial charge is 0.511 e. The molecular formula is C16H31F3IN5O2S. The van der Waals surface area contributed by atoms with Gasteiger partial charge in [0.2, 0.25) is 0 Å². The van der Waals surface area contributed by atoms with Gasteiger partial charge < -0.3 is 15.5 Å². The van der Waals surface area contributed by atoms with Crippen LogP contribution in [-0.2, 0) is 10.0 Å². The maximum absolute atomic E-state index is 12.6. The molecule has 0 aliphatic carbocycles. The summed E-state index contributed by atoms with van der Waals surface area (Å²) in [4.78, 5) is 6.50. The SMILES string of the molecule is CN=C(NCC1CCN(S(=O)(=O)C(F)(F)F)CC1)NCC1CCCN(C)C1.I. The van der Waals surface area contributed by atoms with Crippen LogP contribution in [0.1, 0.15) is 25.7 Å². The van der Waals surface area contributed by atoms with Crippen molar-refractivity contribution in [2.75, 3.05) is 53.4 Å². The van der Waals surface area contributed by atoms with Gasteiger partial charge in [0.05, 0.1) is 0 Å². The summed E-state index contributed by atoms with van der Waals surface area (Å²) >= 11 is 0. The van der Waals surface area contributed by atoms with Crippen LogP contribution in [0.4, 0.5) is 13.2 Å². The fraction of sp³-hybridized carbons (Fsp3) is 0.938. The lowest BCUT2D eigenvalue weighted by atomic mass is 9.98. The van der Waals surface area contributed by atoms with Gasteiger partial charge in [-0.05, 0) is 51.1 Å². The Morgan fingerprint density at radius 1 is 1.07 bits per heavy atom. The number of rotatable bonds is 5. The number of guanidine groups is 1. The summed E-state index contributed by atoms with van der Waals surface area (Å²) < 4.78 is 61.2. The number of aliphatic imine (C=N–C) groups is 1. The van der Waals surface area contributed by atoms with Gasteiger partial charge in [-0.3, -0.25) is 4.99 Å². The van der Waals surface area contributed by atoms with Crippen molar-refractivity contribution in [3.05, 3.63) is 0 Å². The molecule has 2 aliphatic rings. The van der Waals surface area contributed by atoms with E-state index in [1.165, 1.54) is 12.8 Å². The Morgan fingerprint density at radius 2 is 1.64 bits per heavy atom. The second kappa shape index (κ2) is 11.2. The van der Waals surface area contributed by atoms with Crippen LogP contribution < -0.4 is 10.6 Å². The van der Waals surface area contributed by atoms with Crippen LogP contribution in [0.15, 0.2) is 4.99 Å². The van der Waals surface area contributed by atoms with E-state index in [2.05, 4.69) is 27.6 Å². The summed E-state index contributed by atoms with van der Waals surface area (Å²) in [5.41, 5.74) is -5.22. The molecule has 0 saturated carbocycles. The van der Waals surface area contributed by atoms with Gasteiger partial charge in [0.1, 0.15) is 0 Å². The predicted octanol–water partition coefficient (Wildman–Crippen LogP) is 1.67. The van der Waals surface area contributed by atoms with Crippen molar-refractivity contribution in [2.45, 2.75) is 31.2 Å². The van der Waals surface area contributed by atoms with Crippen molar-refractivity contribution in [3.63, 3.8) is 0 Å². The zero-order valence-corrected chi connectivity index (χ0v) is 19.5. The van der Waals surface area contributed by atoms with Crippen LogP contribution in [0.3, 0.4) is 0 Å². The molecule has 166 valence electrons. The summed E-state index contributed by atoms with van der Waals surface area (Å²) in [7, 11) is -1.41. The Labute approximate surface area is 182 Å². The molecule has 1 unspecified atom stereocenters. The third-order valence-corrected chi connectivity index (χ3v) is 6.90. The van der Waals surface area contributed by atoms with E-state index < -0.39 is 15.5 Å². The highest BCUT2D eigenvalue weighted by Crippen LogP contribution is 2.30. The van der Waals surface area contributed by atoms with Gasteiger partial charge in [0.25, 0.3) is 0 Å². The summed E-state index contributed by atoms with van der Waals surface area (Å²) in [6.45, 7) is 3.36. The fourth-order valence-corrected chi connectivity index (χ4v) is 4.63. The molecule has 2 aliphatic heterocycles. The van der Waals surface area contributed by atoms with Crippen LogP contribution in [0, 0.1) is 11.8 Å². The van der Waals surface area contributed by atoms with E-state index in [0.717, 1.165) is 19.6 Å². The highest BCUT2D eigenvalue weighted by atomic mass is 127. The van der Waals surface area contributed by atoms with Crippen LogP contribution in [0.2, 0.25) is 0 Å². The van der Waals surface area contributed by atoms with Gasteiger partial charge in [0, 0.05) is 39.8 Å². The molecule has 2 heterocycles. The van der Waals surface area contributed by atoms with E-state index in [1.54, 1.807) is 7.05 Å². The number of nitrogens with zero attached hydrogens (tertiary/aromatic N) is 3. The van der Waals surface area contributed by atoms with Crippen LogP contribution in [-0.4, -0.2) is 82.5 Å². The molecule has 28 heavy (non-hydrogen) atoms. The molecule has 7 nitrogen and oxygen atoms in total. The average Bonchev–Trinajstić information content (AvgIpc) is 2.61. The van der Waals surface area contributed by atoms with Gasteiger partial charge in [-0.2, -0.15) is 17.5 Å². The molecule has 2 saturated heterocycles. The van der Waals surface area contributed by atoms with Crippen LogP contribution in [0.25, 0.3) is 0 Å². The lowest BCUT2D eigenvalue weighted by Crippen LogP contribution is -2.48. The molecule has 0 bridgehead atoms. The maximum atomic E-state index is 12.6. The van der Waals surface area contributed by atoms with Crippen molar-refractivity contribution < 1.29 is 21.6 Å². The Balaban J connectivity index is 0.00000392. The van der Waals surface area contributed by atoms with E-state index >= 15 is 0 Å². The van der Waals surface area contributed by atoms with E-state index in [-0.39, 0.29) is 43.0 Å². The first-order chi connectivity index (χ1) is 12.6. The van der Waals surface area contributed by atoms with Crippen molar-refractivity contribution in [3.8, 4) is 0 Å². The zero-order valence-electron chi connectivity index (χ0n) is 16.3. The molecule has 2 rings (SSSR count). The third kappa shape index (κ3) is 7.17. The number of hydrogen-bond donors (Lipinski definition) is 2. The van der Waals surface area contributed by atoms with Gasteiger partial charge in [0.15, 0.2) is 5.96 Å². The monoisotopic (exact) mass is 541 g/mol. The maximum Gasteiger partial charge on any atom is 0.511 e. The molecule has 1 atom stereocenters. The number of hydrogen-bond acceptors (Lipinski definition) is 4. The Kier molecular flexibility index (Phi) is 10.2. The minimum Gasteiger partial charge on any atom is -0.356 e. The summed E-state index contributed by atoms with van der Waals surface area (Å²) in [6.07, 6.45) is 3.16. The molecule has 0 spiro atoms. The van der Waals surface area contributed by atoms with E-state index in [4.69, 9.17) is 0 Å². The summed E-state index contributed by atoms with van der Waals surface area (Å²) in [5.74, 6) is 1.36. The normalized spacial score (nSPS) is 23.9. The first-order valence-electron chi connectivity index (χ1n) is 9.33. The molecule has 0 amide bonds. The van der Waals surface area contributed by atoms with Gasteiger partial charge in [-0.15, -0.1) is 24.0 Å². The average molecular weight is 541 g/mol. The number of alkyl halides is 3. The predicted molar refractivity (Wildman–Crippen MR) is 114 cm³/mol. The number of piperidine rings is 2. The molecule has 0 aromatic rings. The Hall–Kier alpha value is -0.340. The van der Waals surface area contributed by atoms with E-state index in [1.807, 2.05) is 0 Å². The second-order valence-electron chi connectivity index (χ2n) is 7.40. The molecule has 12 heteroatoms. The van der Waals surface area contributed by atoms with E-state index in [9.17, 15) is 21.6 Å². The highest BCUT2D eigenvalue weighted by Gasteiger charge is 2.50. The van der Waals surface area contributed by atoms with Gasteiger partial charge in [-0.25, -0.2) is 8.42 Å². The summed E-state index contributed by atoms with van der Waals surface area (Å²) in [5, 5.41) is 6.52. The minimum atomic E-state index is -5.22. The van der Waals surface area contributed by atoms with Gasteiger partial charge in [-0.1, -0.05) is 0 Å². The molecule has 2 fully saturated rings. The Morgan fingerprint density at radius 3 is 2.14 bits per heavy atom. The first-order valence-corrected chi connectivity index (χ1v) is 10.8. The summed E-state index contributed by atoms with van der Waals surface area (Å²) in [6, 6.07) is 0. The first kappa shape index (κ1) is 25.7. The number of sulfonamides is 1. The molecule has 0 radical (unpaired) electrons. The lowest BCUT2D eigenvalue weighted by Gasteiger charge is -2.32. The molecule has 2 N–H and O–H groups in total. The fourth-order valence-electron chi connectivity index (χ4n) is 3.64. The molecule has 0 aromatic carbocycles. The number of halogens is 4. The van der Waals surface area contributed by atoms with Crippen molar-refractivity contribution in [1.29, 1.82) is 0 Å². The quantitative estimate of drug-likeness (QED) is 0.315. The Bertz CT molecular complexity index is 610. The minimum absolute atomic E-state index is 0.